The summed E-state index contributed by atoms with van der Waals surface area (Å²) < 4.78 is 16.2. The molecule has 11 rings (SSSR count). The maximum atomic E-state index is 13.9. The number of amides is 5. The molecule has 0 radical (unpaired) electrons. The van der Waals surface area contributed by atoms with Crippen molar-refractivity contribution in [1.29, 1.82) is 0 Å². The summed E-state index contributed by atoms with van der Waals surface area (Å²) in [5.41, 5.74) is 31.7. The van der Waals surface area contributed by atoms with Crippen molar-refractivity contribution in [3.63, 3.8) is 0 Å². The molecular weight excluding hydrogens is 2380 g/mol. The largest absolute Gasteiger partial charge is 0.444 e. The van der Waals surface area contributed by atoms with E-state index in [4.69, 9.17) is 31.4 Å². The van der Waals surface area contributed by atoms with E-state index < -0.39 is 23.8 Å². The fourth-order valence-corrected chi connectivity index (χ4v) is 15.1. The Morgan fingerprint density at radius 1 is 0.443 bits per heavy atom. The number of rotatable bonds is 39. The Hall–Kier alpha value is -7.38. The number of hydrogen-bond acceptors (Lipinski definition) is 17. The molecule has 0 fully saturated rings. The Labute approximate surface area is 858 Å². The van der Waals surface area contributed by atoms with Crippen molar-refractivity contribution in [3.05, 3.63) is 385 Å². The van der Waals surface area contributed by atoms with Crippen LogP contribution in [-0.4, -0.2) is 105 Å². The van der Waals surface area contributed by atoms with Crippen LogP contribution in [-0.2, 0) is 90.1 Å². The van der Waals surface area contributed by atoms with Gasteiger partial charge in [0, 0.05) is 92.5 Å². The second-order valence-corrected chi connectivity index (χ2v) is 51.8. The molecule has 0 bridgehead atoms. The zero-order valence-corrected chi connectivity index (χ0v) is 91.3. The van der Waals surface area contributed by atoms with Crippen LogP contribution in [0.5, 0.6) is 0 Å². The van der Waals surface area contributed by atoms with Gasteiger partial charge in [-0.15, -0.1) is 58.0 Å². The molecule has 702 valence electrons. The molecule has 0 saturated heterocycles. The summed E-state index contributed by atoms with van der Waals surface area (Å²) in [6.07, 6.45) is 24.4. The quantitative estimate of drug-likeness (QED) is 0.0107. The van der Waals surface area contributed by atoms with Gasteiger partial charge in [0.15, 0.2) is 5.78 Å². The number of thiazole rings is 3. The van der Waals surface area contributed by atoms with Crippen LogP contribution in [0.4, 0.5) is 19.2 Å². The molecule has 0 aliphatic rings. The van der Waals surface area contributed by atoms with Crippen LogP contribution < -0.4 is 51.7 Å². The summed E-state index contributed by atoms with van der Waals surface area (Å²) in [5.74, 6) is 0.370. The van der Waals surface area contributed by atoms with Gasteiger partial charge >= 0.3 is 74.8 Å². The molecule has 0 saturated carbocycles. The number of nitrogens with two attached hydrogens (primary N) is 3. The number of carbonyl (C=O) groups is 5. The van der Waals surface area contributed by atoms with Crippen LogP contribution in [0.1, 0.15) is 133 Å². The van der Waals surface area contributed by atoms with E-state index in [2.05, 4.69) is 216 Å². The molecule has 0 aliphatic carbocycles. The zero-order valence-electron chi connectivity index (χ0n) is 75.7. The van der Waals surface area contributed by atoms with Gasteiger partial charge in [-0.3, -0.25) is 14.8 Å². The van der Waals surface area contributed by atoms with E-state index in [1.165, 1.54) is 50.5 Å². The SMILES string of the molecule is CC(C)c1nc(CN(C)C(=O)N[C@H](C(=O)C[C@H](/C=C/[C@H](Cc2ccccc2)NC(=O)OCc2cncs2)Cc2ccccc2)C(C)C)cs1.C[C@H](/C=C/[C@H](Cc1ccccc1)NC(=O)OC(C)(C)C)Cc1ccccc1.I.II.I[I-]I.N[C@H](/C=C/[C@@H](N)Cc1ccccc1)Cc1ccccc1.N[C@H](/C=C/[C@H](Cc1ccccc1)NC(=O)OCc1cncs1)Cc1ccccc1. The predicted octanol–water partition coefficient (Wildman–Crippen LogP) is 21.3. The number of ketones is 1. The van der Waals surface area contributed by atoms with Gasteiger partial charge in [-0.05, 0) is 134 Å². The molecule has 3 heterocycles. The minimum atomic E-state index is -0.664. The Kier molecular flexibility index (Phi) is 58.3. The number of ether oxygens (including phenoxy) is 3. The number of aromatic nitrogens is 3. The first-order valence-corrected chi connectivity index (χ1v) is 64.6. The minimum Gasteiger partial charge on any atom is -0.444 e. The summed E-state index contributed by atoms with van der Waals surface area (Å²) >= 11 is 14.0. The molecule has 0 unspecified atom stereocenters. The number of urea groups is 1. The van der Waals surface area contributed by atoms with Crippen LogP contribution in [0, 0.1) is 17.8 Å². The minimum absolute atomic E-state index is 0. The monoisotopic (exact) mass is 2500 g/mol. The predicted molar refractivity (Wildman–Crippen MR) is 582 cm³/mol. The molecule has 10 N–H and O–H groups in total. The van der Waals surface area contributed by atoms with E-state index in [0.717, 1.165) is 69.3 Å². The fraction of sp³-hybridized carbons (Fsp3) is 0.320. The van der Waals surface area contributed by atoms with Gasteiger partial charge in [-0.2, -0.15) is 0 Å². The zero-order chi connectivity index (χ0) is 94.1. The molecule has 131 heavy (non-hydrogen) atoms. The summed E-state index contributed by atoms with van der Waals surface area (Å²) in [5, 5.41) is 14.9. The number of halogens is 6. The van der Waals surface area contributed by atoms with E-state index in [1.807, 2.05) is 246 Å². The Morgan fingerprint density at radius 3 is 1.09 bits per heavy atom. The topological polar surface area (TPSA) is 281 Å². The van der Waals surface area contributed by atoms with Crippen LogP contribution in [0.25, 0.3) is 0 Å². The summed E-state index contributed by atoms with van der Waals surface area (Å²) in [6, 6.07) is 79.5. The number of hydrogen-bond donors (Lipinski definition) is 7. The molecule has 3 aromatic heterocycles. The molecule has 28 heteroatoms. The third-order valence-electron chi connectivity index (χ3n) is 19.6. The van der Waals surface area contributed by atoms with Gasteiger partial charge in [-0.1, -0.05) is 326 Å². The molecule has 9 atom stereocenters. The second kappa shape index (κ2) is 66.9. The van der Waals surface area contributed by atoms with E-state index >= 15 is 0 Å². The van der Waals surface area contributed by atoms with Crippen molar-refractivity contribution in [2.24, 2.45) is 35.0 Å². The maximum absolute atomic E-state index is 13.9. The number of Topliss-reactive ketones (excluding diaryl/α,β-unsaturated/α-hetero) is 1. The summed E-state index contributed by atoms with van der Waals surface area (Å²) in [7, 11) is 1.72. The van der Waals surface area contributed by atoms with Crippen LogP contribution in [0.3, 0.4) is 0 Å². The van der Waals surface area contributed by atoms with Crippen molar-refractivity contribution in [2.45, 2.75) is 187 Å². The summed E-state index contributed by atoms with van der Waals surface area (Å²) in [6.45, 7) is 16.6. The molecule has 11 aromatic rings. The maximum Gasteiger partial charge on any atom is 0.407 e. The molecule has 8 aromatic carbocycles. The molecule has 0 aliphatic heterocycles. The molecule has 5 amide bonds. The van der Waals surface area contributed by atoms with Gasteiger partial charge in [-0.25, -0.2) is 24.2 Å². The first-order valence-electron chi connectivity index (χ1n) is 43.2. The number of allylic oxidation sites excluding steroid dienone is 2. The van der Waals surface area contributed by atoms with E-state index in [-0.39, 0.29) is 110 Å². The molecular formula is C103H126I6N11O8S3-. The summed E-state index contributed by atoms with van der Waals surface area (Å²) in [4.78, 5) is 80.5. The van der Waals surface area contributed by atoms with E-state index in [1.54, 1.807) is 46.7 Å². The normalized spacial score (nSPS) is 13.1. The van der Waals surface area contributed by atoms with Crippen molar-refractivity contribution in [1.82, 2.24) is 41.1 Å². The average molecular weight is 2500 g/mol. The van der Waals surface area contributed by atoms with E-state index in [9.17, 15) is 24.0 Å². The first-order chi connectivity index (χ1) is 62.7. The Balaban J connectivity index is 0.000000319. The number of carbonyl (C=O) groups excluding carboxylic acids is 5. The Bertz CT molecular complexity index is 4950. The molecule has 19 nitrogen and oxygen atoms in total. The van der Waals surface area contributed by atoms with Gasteiger partial charge in [0.25, 0.3) is 0 Å². The average Bonchev–Trinajstić information content (AvgIpc) is 1.81. The second-order valence-electron chi connectivity index (χ2n) is 32.7. The number of benzene rings is 8. The third kappa shape index (κ3) is 51.2. The fourth-order valence-electron chi connectivity index (χ4n) is 13.3. The number of alkyl carbamates (subject to hydrolysis) is 3. The van der Waals surface area contributed by atoms with Crippen molar-refractivity contribution in [3.8, 4) is 0 Å². The molecule has 0 spiro atoms. The van der Waals surface area contributed by atoms with Gasteiger partial charge in [0.05, 0.1) is 62.2 Å². The smallest absolute Gasteiger partial charge is 0.407 e. The number of nitrogens with one attached hydrogen (secondary N) is 4. The first kappa shape index (κ1) is 114. The van der Waals surface area contributed by atoms with Crippen LogP contribution in [0.2, 0.25) is 0 Å². The van der Waals surface area contributed by atoms with Crippen molar-refractivity contribution in [2.75, 3.05) is 7.05 Å². The third-order valence-corrected chi connectivity index (χ3v) is 22.3. The van der Waals surface area contributed by atoms with Gasteiger partial charge in [0.1, 0.15) is 18.8 Å². The van der Waals surface area contributed by atoms with Crippen LogP contribution >= 0.6 is 132 Å². The van der Waals surface area contributed by atoms with Crippen molar-refractivity contribution < 1.29 is 51.4 Å². The van der Waals surface area contributed by atoms with Crippen molar-refractivity contribution >= 4 is 163 Å². The number of nitrogens with zero attached hydrogens (tertiary/aromatic N) is 4. The Morgan fingerprint density at radius 2 is 0.763 bits per heavy atom. The van der Waals surface area contributed by atoms with Gasteiger partial charge < -0.3 is 57.6 Å². The van der Waals surface area contributed by atoms with E-state index in [0.29, 0.717) is 50.9 Å². The standard InChI is InChI=1S/C38H47N5O4S2.C24H31NO2.C23H25N3O2S.C18H22N2.I3.I2.HI/c1-26(2)35(42-37(45)43(5)22-32-24-48-36(40-32)27(3)4)34(44)20-30(18-28-12-8-6-9-13-28)16-17-31(19-29-14-10-7-11-15-29)41-38(46)47-23-33-21-39-25-49-33;1-19(17-20-11-7-5-8-12-20)15-16-22(18-21-13-9-6-10-14-21)25-23(26)27-24(2,3)4;24-20(13-18-7-3-1-4-8-18)11-12-21(14-19-9-5-2-6-10-19)26-23(27)28-16-22-15-25-17-29-22;19-17(13-15-7-3-1-4-8-15)11-12-18(20)14-16-9-5-2-6-10-16;1-3-2;1-2;/h6-17,21,24-27,30-31,35H,18-20,22-23H2,1-5H3,(H,41,46)(H,42,45);5-16,19,22H,17-18H2,1-4H3,(H,25,26);1-12,15,17,20-21H,13-14,16,24H2,(H,26,27);1-12,17-18H,13-14,19-20H2;;;1H/q;;;;-1;;/b17-16+;16-15+;2*12-11+;;;/t30-,31-,35+;19-,22-;20-,21-;17-,18-;;;/m1111.../s1. The van der Waals surface area contributed by atoms with Gasteiger partial charge in [0.2, 0.25) is 0 Å². The van der Waals surface area contributed by atoms with Crippen LogP contribution in [0.15, 0.2) is 320 Å².